The molecule has 37 heavy (non-hydrogen) atoms. The SMILES string of the molecule is O=C(OC1C[N+]2(C(c3ccccc3)c3cc[nH]n3)CCC1CC2)C1(c2ccccc2)CCCCCC1.[Cl-]. The van der Waals surface area contributed by atoms with Gasteiger partial charge in [0.05, 0.1) is 18.5 Å². The van der Waals surface area contributed by atoms with E-state index in [4.69, 9.17) is 4.74 Å². The summed E-state index contributed by atoms with van der Waals surface area (Å²) in [5.41, 5.74) is 3.01. The van der Waals surface area contributed by atoms with Gasteiger partial charge in [-0.15, -0.1) is 0 Å². The number of carbonyl (C=O) groups excluding carboxylic acids is 1. The van der Waals surface area contributed by atoms with Crippen LogP contribution in [0.25, 0.3) is 0 Å². The van der Waals surface area contributed by atoms with E-state index in [9.17, 15) is 4.79 Å². The van der Waals surface area contributed by atoms with Crippen LogP contribution in [0.15, 0.2) is 72.9 Å². The van der Waals surface area contributed by atoms with Gasteiger partial charge in [0.15, 0.2) is 12.1 Å². The van der Waals surface area contributed by atoms with Crippen LogP contribution < -0.4 is 12.4 Å². The van der Waals surface area contributed by atoms with E-state index in [0.717, 1.165) is 73.9 Å². The highest BCUT2D eigenvalue weighted by molar-refractivity contribution is 5.83. The number of piperidine rings is 3. The van der Waals surface area contributed by atoms with Crippen molar-refractivity contribution in [1.29, 1.82) is 0 Å². The number of rotatable bonds is 6. The Hall–Kier alpha value is -2.63. The number of nitrogens with one attached hydrogen (secondary N) is 1. The number of nitrogens with zero attached hydrogens (tertiary/aromatic N) is 2. The molecule has 4 aliphatic rings. The molecular formula is C31H38ClN3O2. The number of hydrogen-bond acceptors (Lipinski definition) is 3. The zero-order valence-electron chi connectivity index (χ0n) is 21.5. The van der Waals surface area contributed by atoms with Gasteiger partial charge >= 0.3 is 5.97 Å². The first kappa shape index (κ1) is 26.0. The van der Waals surface area contributed by atoms with Crippen molar-refractivity contribution in [2.45, 2.75) is 68.9 Å². The molecule has 7 rings (SSSR count). The lowest BCUT2D eigenvalue weighted by Crippen LogP contribution is -3.00. The van der Waals surface area contributed by atoms with E-state index in [1.807, 2.05) is 12.3 Å². The third-order valence-electron chi connectivity index (χ3n) is 9.36. The zero-order chi connectivity index (χ0) is 24.4. The number of carbonyl (C=O) groups is 1. The molecule has 1 aliphatic carbocycles. The summed E-state index contributed by atoms with van der Waals surface area (Å²) < 4.78 is 7.54. The van der Waals surface area contributed by atoms with Crippen LogP contribution in [0.4, 0.5) is 0 Å². The van der Waals surface area contributed by atoms with Gasteiger partial charge in [0, 0.05) is 30.5 Å². The first-order valence-corrected chi connectivity index (χ1v) is 13.9. The van der Waals surface area contributed by atoms with Crippen LogP contribution >= 0.6 is 0 Å². The molecule has 1 aromatic heterocycles. The van der Waals surface area contributed by atoms with Crippen molar-refractivity contribution in [2.75, 3.05) is 19.6 Å². The number of fused-ring (bicyclic) bond motifs is 3. The second kappa shape index (κ2) is 11.0. The molecule has 2 atom stereocenters. The Balaban J connectivity index is 0.00000280. The van der Waals surface area contributed by atoms with E-state index >= 15 is 0 Å². The Labute approximate surface area is 226 Å². The molecule has 5 nitrogen and oxygen atoms in total. The lowest BCUT2D eigenvalue weighted by atomic mass is 9.74. The van der Waals surface area contributed by atoms with Crippen molar-refractivity contribution >= 4 is 5.97 Å². The summed E-state index contributed by atoms with van der Waals surface area (Å²) in [5.74, 6) is 0.478. The van der Waals surface area contributed by atoms with Gasteiger partial charge in [-0.2, -0.15) is 5.10 Å². The van der Waals surface area contributed by atoms with Crippen molar-refractivity contribution in [3.05, 3.63) is 89.7 Å². The molecular weight excluding hydrogens is 482 g/mol. The zero-order valence-corrected chi connectivity index (χ0v) is 22.3. The van der Waals surface area contributed by atoms with Crippen LogP contribution in [0.3, 0.4) is 0 Å². The Morgan fingerprint density at radius 2 is 1.57 bits per heavy atom. The summed E-state index contributed by atoms with van der Waals surface area (Å²) in [4.78, 5) is 14.1. The van der Waals surface area contributed by atoms with Crippen LogP contribution in [-0.4, -0.2) is 46.4 Å². The van der Waals surface area contributed by atoms with Gasteiger partial charge in [-0.3, -0.25) is 9.89 Å². The lowest BCUT2D eigenvalue weighted by molar-refractivity contribution is -0.968. The van der Waals surface area contributed by atoms with Crippen molar-refractivity contribution in [3.8, 4) is 0 Å². The highest BCUT2D eigenvalue weighted by atomic mass is 35.5. The molecule has 0 amide bonds. The topological polar surface area (TPSA) is 55.0 Å². The quantitative estimate of drug-likeness (QED) is 0.309. The third-order valence-corrected chi connectivity index (χ3v) is 9.36. The number of aromatic amines is 1. The van der Waals surface area contributed by atoms with Gasteiger partial charge in [0.2, 0.25) is 0 Å². The van der Waals surface area contributed by atoms with Crippen LogP contribution in [0.5, 0.6) is 0 Å². The van der Waals surface area contributed by atoms with E-state index in [1.54, 1.807) is 0 Å². The maximum atomic E-state index is 14.1. The van der Waals surface area contributed by atoms with E-state index in [2.05, 4.69) is 70.9 Å². The van der Waals surface area contributed by atoms with Crippen molar-refractivity contribution in [1.82, 2.24) is 10.2 Å². The summed E-state index contributed by atoms with van der Waals surface area (Å²) >= 11 is 0. The van der Waals surface area contributed by atoms with E-state index < -0.39 is 5.41 Å². The molecule has 4 heterocycles. The van der Waals surface area contributed by atoms with Crippen LogP contribution in [0.1, 0.15) is 74.2 Å². The first-order valence-electron chi connectivity index (χ1n) is 13.9. The van der Waals surface area contributed by atoms with Gasteiger partial charge in [0.1, 0.15) is 12.2 Å². The van der Waals surface area contributed by atoms with Gasteiger partial charge < -0.3 is 21.6 Å². The Morgan fingerprint density at radius 1 is 0.919 bits per heavy atom. The molecule has 6 heteroatoms. The number of H-pyrrole nitrogens is 1. The molecule has 0 spiro atoms. The number of ether oxygens (including phenoxy) is 1. The van der Waals surface area contributed by atoms with Crippen molar-refractivity contribution in [3.63, 3.8) is 0 Å². The maximum absolute atomic E-state index is 14.1. The maximum Gasteiger partial charge on any atom is 0.317 e. The van der Waals surface area contributed by atoms with E-state index in [-0.39, 0.29) is 30.5 Å². The second-order valence-electron chi connectivity index (χ2n) is 11.3. The minimum atomic E-state index is -0.504. The van der Waals surface area contributed by atoms with Gasteiger partial charge in [-0.05, 0) is 24.5 Å². The Bertz CT molecular complexity index is 1140. The van der Waals surface area contributed by atoms with Gasteiger partial charge in [-0.1, -0.05) is 86.3 Å². The minimum absolute atomic E-state index is 0. The van der Waals surface area contributed by atoms with Gasteiger partial charge in [-0.25, -0.2) is 0 Å². The molecule has 2 unspecified atom stereocenters. The van der Waals surface area contributed by atoms with E-state index in [1.165, 1.54) is 18.4 Å². The molecule has 196 valence electrons. The van der Waals surface area contributed by atoms with Crippen molar-refractivity contribution < 1.29 is 26.4 Å². The number of halogens is 1. The Kier molecular flexibility index (Phi) is 7.73. The molecule has 2 bridgehead atoms. The van der Waals surface area contributed by atoms with Crippen molar-refractivity contribution in [2.24, 2.45) is 5.92 Å². The summed E-state index contributed by atoms with van der Waals surface area (Å²) in [7, 11) is 0. The fraction of sp³-hybridized carbons (Fsp3) is 0.484. The Morgan fingerprint density at radius 3 is 2.19 bits per heavy atom. The van der Waals surface area contributed by atoms with Crippen LogP contribution in [-0.2, 0) is 14.9 Å². The fourth-order valence-corrected chi connectivity index (χ4v) is 7.44. The predicted molar refractivity (Wildman–Crippen MR) is 140 cm³/mol. The summed E-state index contributed by atoms with van der Waals surface area (Å²) in [6.07, 6.45) is 10.5. The second-order valence-corrected chi connectivity index (χ2v) is 11.3. The molecule has 1 saturated carbocycles. The summed E-state index contributed by atoms with van der Waals surface area (Å²) in [6, 6.07) is 23.5. The highest BCUT2D eigenvalue weighted by Crippen LogP contribution is 2.46. The smallest absolute Gasteiger partial charge is 0.317 e. The highest BCUT2D eigenvalue weighted by Gasteiger charge is 2.54. The molecule has 0 radical (unpaired) electrons. The number of quaternary nitrogens is 1. The summed E-state index contributed by atoms with van der Waals surface area (Å²) in [6.45, 7) is 3.08. The molecule has 3 aromatic rings. The number of hydrogen-bond donors (Lipinski definition) is 1. The summed E-state index contributed by atoms with van der Waals surface area (Å²) in [5, 5.41) is 7.69. The molecule has 1 N–H and O–H groups in total. The van der Waals surface area contributed by atoms with Crippen LogP contribution in [0.2, 0.25) is 0 Å². The third kappa shape index (κ3) is 4.84. The molecule has 3 saturated heterocycles. The standard InChI is InChI=1S/C31H38N3O2.ClH/c35-30(31(18-9-1-2-10-19-31)26-13-7-4-8-14-26)36-28-23-34(21-16-24(28)17-22-34)29(27-15-20-32-33-27)25-11-5-3-6-12-25;/h3-8,11-15,20,24,28-29H,1-2,9-10,16-19,21-23H2,(H,32,33);1H/q+1;/p-1. The average molecular weight is 520 g/mol. The molecule has 4 fully saturated rings. The number of aromatic nitrogens is 2. The average Bonchev–Trinajstić information content (AvgIpc) is 3.33. The van der Waals surface area contributed by atoms with E-state index in [0.29, 0.717) is 5.92 Å². The van der Waals surface area contributed by atoms with Crippen LogP contribution in [0, 0.1) is 5.92 Å². The van der Waals surface area contributed by atoms with Gasteiger partial charge in [0.25, 0.3) is 0 Å². The molecule has 2 aromatic carbocycles. The molecule has 3 aliphatic heterocycles. The lowest BCUT2D eigenvalue weighted by Gasteiger charge is -2.55. The normalized spacial score (nSPS) is 27.5. The number of esters is 1. The predicted octanol–water partition coefficient (Wildman–Crippen LogP) is 2.95. The fourth-order valence-electron chi connectivity index (χ4n) is 7.44. The first-order chi connectivity index (χ1) is 17.7. The number of benzene rings is 2. The monoisotopic (exact) mass is 519 g/mol. The minimum Gasteiger partial charge on any atom is -1.00 e. The largest absolute Gasteiger partial charge is 1.00 e.